The number of benzene rings is 1. The molecule has 220 valence electrons. The monoisotopic (exact) mass is 559 g/mol. The van der Waals surface area contributed by atoms with Crippen LogP contribution >= 0.6 is 0 Å². The Morgan fingerprint density at radius 2 is 1.95 bits per heavy atom. The minimum absolute atomic E-state index is 0.00468. The summed E-state index contributed by atoms with van der Waals surface area (Å²) in [6, 6.07) is 8.32. The molecule has 4 rings (SSSR count). The van der Waals surface area contributed by atoms with Gasteiger partial charge in [0.15, 0.2) is 0 Å². The Labute approximate surface area is 236 Å². The zero-order valence-electron chi connectivity index (χ0n) is 23.4. The van der Waals surface area contributed by atoms with Crippen molar-refractivity contribution in [2.75, 3.05) is 39.5 Å². The van der Waals surface area contributed by atoms with E-state index in [0.717, 1.165) is 19.3 Å². The van der Waals surface area contributed by atoms with Crippen molar-refractivity contribution in [1.29, 1.82) is 0 Å². The van der Waals surface area contributed by atoms with Crippen LogP contribution in [-0.4, -0.2) is 80.5 Å². The number of aliphatic imine (C=N–C) groups is 1. The number of halogens is 2. The first-order valence-electron chi connectivity index (χ1n) is 14.3. The Morgan fingerprint density at radius 1 is 1.20 bits per heavy atom. The highest BCUT2D eigenvalue weighted by Crippen LogP contribution is 2.31. The maximum absolute atomic E-state index is 14.1. The van der Waals surface area contributed by atoms with Crippen LogP contribution in [-0.2, 0) is 14.3 Å². The molecule has 4 N–H and O–H groups in total. The van der Waals surface area contributed by atoms with Gasteiger partial charge >= 0.3 is 0 Å². The van der Waals surface area contributed by atoms with Crippen molar-refractivity contribution in [3.05, 3.63) is 59.4 Å². The third kappa shape index (κ3) is 8.59. The zero-order valence-corrected chi connectivity index (χ0v) is 23.4. The summed E-state index contributed by atoms with van der Waals surface area (Å²) < 4.78 is 38.8. The topological polar surface area (TPSA) is 101 Å². The van der Waals surface area contributed by atoms with Gasteiger partial charge in [0.2, 0.25) is 0 Å². The number of carbonyl (C=O) groups excluding carboxylic acids is 1. The van der Waals surface area contributed by atoms with Crippen molar-refractivity contribution in [2.24, 2.45) is 10.7 Å². The molecule has 0 aliphatic carbocycles. The van der Waals surface area contributed by atoms with Gasteiger partial charge in [-0.25, -0.2) is 13.8 Å². The molecular formula is C30H43F2N5O3. The number of allylic oxidation sites excluding steroid dienone is 1. The lowest BCUT2D eigenvalue weighted by molar-refractivity contribution is -0.128. The summed E-state index contributed by atoms with van der Waals surface area (Å²) in [5.74, 6) is -0.602. The van der Waals surface area contributed by atoms with E-state index >= 15 is 0 Å². The number of alkyl halides is 2. The molecule has 3 saturated heterocycles. The molecule has 8 nitrogen and oxygen atoms in total. The van der Waals surface area contributed by atoms with Crippen LogP contribution in [0.2, 0.25) is 0 Å². The number of hydrogen-bond donors (Lipinski definition) is 3. The molecule has 1 aromatic carbocycles. The number of nitrogens with one attached hydrogen (secondary N) is 2. The third-order valence-electron chi connectivity index (χ3n) is 7.80. The van der Waals surface area contributed by atoms with Crippen molar-refractivity contribution < 1.29 is 23.0 Å². The number of ether oxygens (including phenoxy) is 2. The normalized spacial score (nSPS) is 26.9. The number of nitrogens with zero attached hydrogens (tertiary/aromatic N) is 2. The van der Waals surface area contributed by atoms with E-state index in [-0.39, 0.29) is 48.3 Å². The highest BCUT2D eigenvalue weighted by Gasteiger charge is 2.31. The molecule has 3 heterocycles. The molecule has 0 spiro atoms. The Hall–Kier alpha value is -2.82. The van der Waals surface area contributed by atoms with Gasteiger partial charge in [0.1, 0.15) is 24.4 Å². The van der Waals surface area contributed by atoms with Gasteiger partial charge in [-0.1, -0.05) is 36.4 Å². The molecule has 40 heavy (non-hydrogen) atoms. The number of amidine groups is 1. The van der Waals surface area contributed by atoms with E-state index in [4.69, 9.17) is 15.2 Å². The smallest absolute Gasteiger partial charge is 0.272 e. The number of aryl methyl sites for hydroxylation is 1. The molecule has 3 aliphatic rings. The number of piperidine rings is 1. The molecule has 0 aromatic heterocycles. The fraction of sp³-hybridized carbons (Fsp3) is 0.600. The lowest BCUT2D eigenvalue weighted by Crippen LogP contribution is -2.52. The molecule has 0 saturated carbocycles. The van der Waals surface area contributed by atoms with Crippen molar-refractivity contribution >= 4 is 11.7 Å². The molecule has 4 atom stereocenters. The second-order valence-electron chi connectivity index (χ2n) is 11.0. The Balaban J connectivity index is 1.31. The van der Waals surface area contributed by atoms with E-state index < -0.39 is 12.8 Å². The van der Waals surface area contributed by atoms with E-state index in [1.54, 1.807) is 4.90 Å². The molecule has 2 unspecified atom stereocenters. The van der Waals surface area contributed by atoms with Crippen LogP contribution in [0.5, 0.6) is 0 Å². The second kappa shape index (κ2) is 14.7. The quantitative estimate of drug-likeness (QED) is 0.175. The number of likely N-dealkylation sites (tertiary alicyclic amines) is 1. The second-order valence-corrected chi connectivity index (χ2v) is 11.0. The Bertz CT molecular complexity index is 1060. The fourth-order valence-electron chi connectivity index (χ4n) is 5.47. The zero-order chi connectivity index (χ0) is 28.5. The largest absolute Gasteiger partial charge is 0.385 e. The minimum Gasteiger partial charge on any atom is -0.385 e. The predicted molar refractivity (Wildman–Crippen MR) is 152 cm³/mol. The fourth-order valence-corrected chi connectivity index (χ4v) is 5.47. The first kappa shape index (κ1) is 30.1. The summed E-state index contributed by atoms with van der Waals surface area (Å²) in [6.07, 6.45) is 5.51. The Morgan fingerprint density at radius 3 is 2.65 bits per heavy atom. The van der Waals surface area contributed by atoms with E-state index in [0.29, 0.717) is 51.2 Å². The van der Waals surface area contributed by atoms with Crippen molar-refractivity contribution in [1.82, 2.24) is 15.5 Å². The summed E-state index contributed by atoms with van der Waals surface area (Å²) >= 11 is 0. The standard InChI is InChI=1S/C30H43F2N5O3/c1-20-6-8-22(9-7-20)28-5-3-4-24(40-28)18-34-21(2)16-27(36-29(33)17-31)30(38)37-13-10-23(11-14-37)35-26-12-15-39-19-25(26)32/h6-9,16,23-26,28,34-35H,2-5,10-15,17-19H2,1H3,(H2,33,36)/b27-16-/t24-,25?,26?,28+/m1/s1. The molecule has 1 aromatic rings. The van der Waals surface area contributed by atoms with Crippen molar-refractivity contribution in [2.45, 2.75) is 75.9 Å². The summed E-state index contributed by atoms with van der Waals surface area (Å²) in [5.41, 5.74) is 8.57. The third-order valence-corrected chi connectivity index (χ3v) is 7.80. The lowest BCUT2D eigenvalue weighted by Gasteiger charge is -2.36. The highest BCUT2D eigenvalue weighted by molar-refractivity contribution is 5.97. The number of carbonyl (C=O) groups is 1. The summed E-state index contributed by atoms with van der Waals surface area (Å²) in [5, 5.41) is 6.64. The van der Waals surface area contributed by atoms with Crippen LogP contribution in [0.25, 0.3) is 0 Å². The average molecular weight is 560 g/mol. The van der Waals surface area contributed by atoms with Gasteiger partial charge in [0.05, 0.1) is 18.8 Å². The highest BCUT2D eigenvalue weighted by atomic mass is 19.1. The molecule has 0 bridgehead atoms. The Kier molecular flexibility index (Phi) is 11.1. The predicted octanol–water partition coefficient (Wildman–Crippen LogP) is 3.63. The molecular weight excluding hydrogens is 516 g/mol. The summed E-state index contributed by atoms with van der Waals surface area (Å²) in [4.78, 5) is 19.1. The van der Waals surface area contributed by atoms with Gasteiger partial charge in [-0.05, 0) is 57.1 Å². The van der Waals surface area contributed by atoms with Crippen LogP contribution in [0.4, 0.5) is 8.78 Å². The van der Waals surface area contributed by atoms with Crippen molar-refractivity contribution in [3.63, 3.8) is 0 Å². The van der Waals surface area contributed by atoms with E-state index in [2.05, 4.69) is 53.4 Å². The summed E-state index contributed by atoms with van der Waals surface area (Å²) in [6.45, 7) is 7.31. The van der Waals surface area contributed by atoms with Crippen molar-refractivity contribution in [3.8, 4) is 0 Å². The van der Waals surface area contributed by atoms with Crippen LogP contribution in [0.3, 0.4) is 0 Å². The van der Waals surface area contributed by atoms with Crippen LogP contribution in [0.1, 0.15) is 55.8 Å². The molecule has 0 radical (unpaired) electrons. The molecule has 3 aliphatic heterocycles. The lowest BCUT2D eigenvalue weighted by atomic mass is 9.97. The number of nitrogens with two attached hydrogens (primary N) is 1. The van der Waals surface area contributed by atoms with Crippen LogP contribution in [0.15, 0.2) is 53.3 Å². The first-order chi connectivity index (χ1) is 19.3. The van der Waals surface area contributed by atoms with Gasteiger partial charge in [-0.2, -0.15) is 0 Å². The van der Waals surface area contributed by atoms with E-state index in [9.17, 15) is 13.6 Å². The van der Waals surface area contributed by atoms with Gasteiger partial charge in [-0.15, -0.1) is 0 Å². The first-order valence-corrected chi connectivity index (χ1v) is 14.3. The average Bonchev–Trinajstić information content (AvgIpc) is 2.97. The van der Waals surface area contributed by atoms with E-state index in [1.807, 2.05) is 0 Å². The van der Waals surface area contributed by atoms with E-state index in [1.165, 1.54) is 17.2 Å². The van der Waals surface area contributed by atoms with Crippen LogP contribution < -0.4 is 16.4 Å². The van der Waals surface area contributed by atoms with Gasteiger partial charge < -0.3 is 30.7 Å². The molecule has 1 amide bonds. The number of amides is 1. The number of hydrogen-bond acceptors (Lipinski definition) is 6. The number of rotatable bonds is 10. The van der Waals surface area contributed by atoms with Gasteiger partial charge in [-0.3, -0.25) is 4.79 Å². The minimum atomic E-state index is -1.02. The summed E-state index contributed by atoms with van der Waals surface area (Å²) in [7, 11) is 0. The van der Waals surface area contributed by atoms with Gasteiger partial charge in [0, 0.05) is 44.0 Å². The van der Waals surface area contributed by atoms with Crippen LogP contribution in [0, 0.1) is 6.92 Å². The SMILES string of the molecule is C=C(/C=C(\N=C(/N)CF)C(=O)N1CCC(NC2CCOCC2F)CC1)NC[C@H]1CCC[C@@H](c2ccc(C)cc2)O1. The molecule has 3 fully saturated rings. The maximum atomic E-state index is 14.1. The van der Waals surface area contributed by atoms with Gasteiger partial charge in [0.25, 0.3) is 5.91 Å². The molecule has 10 heteroatoms. The maximum Gasteiger partial charge on any atom is 0.272 e.